The Labute approximate surface area is 171 Å². The first-order valence-corrected chi connectivity index (χ1v) is 11.0. The zero-order valence-electron chi connectivity index (χ0n) is 16.7. The molecule has 0 aliphatic rings. The second-order valence-electron chi connectivity index (χ2n) is 6.55. The van der Waals surface area contributed by atoms with Gasteiger partial charge in [0.05, 0.1) is 4.90 Å². The summed E-state index contributed by atoms with van der Waals surface area (Å²) in [6, 6.07) is 15.7. The van der Waals surface area contributed by atoms with Gasteiger partial charge in [-0.1, -0.05) is 19.1 Å². The van der Waals surface area contributed by atoms with Crippen molar-refractivity contribution in [1.82, 2.24) is 9.97 Å². The lowest BCUT2D eigenvalue weighted by Crippen LogP contribution is -2.12. The van der Waals surface area contributed by atoms with Gasteiger partial charge in [0.15, 0.2) is 0 Å². The van der Waals surface area contributed by atoms with E-state index in [-0.39, 0.29) is 4.90 Å². The first-order valence-electron chi connectivity index (χ1n) is 9.48. The molecule has 3 rings (SSSR count). The number of nitrogens with one attached hydrogen (secondary N) is 3. The molecule has 0 fully saturated rings. The summed E-state index contributed by atoms with van der Waals surface area (Å²) in [5.41, 5.74) is 3.22. The Morgan fingerprint density at radius 1 is 0.897 bits per heavy atom. The van der Waals surface area contributed by atoms with Gasteiger partial charge < -0.3 is 10.6 Å². The van der Waals surface area contributed by atoms with E-state index in [1.54, 1.807) is 36.4 Å². The van der Waals surface area contributed by atoms with Gasteiger partial charge >= 0.3 is 0 Å². The largest absolute Gasteiger partial charge is 0.354 e. The third-order valence-corrected chi connectivity index (χ3v) is 5.64. The Hall–Kier alpha value is -3.13. The Kier molecular flexibility index (Phi) is 6.33. The van der Waals surface area contributed by atoms with E-state index in [4.69, 9.17) is 0 Å². The first-order chi connectivity index (χ1) is 13.9. The quantitative estimate of drug-likeness (QED) is 0.511. The van der Waals surface area contributed by atoms with E-state index in [1.807, 2.05) is 39.0 Å². The maximum atomic E-state index is 12.6. The lowest BCUT2D eigenvalue weighted by molar-refractivity contribution is 0.601. The van der Waals surface area contributed by atoms with Gasteiger partial charge in [0.25, 0.3) is 10.0 Å². The second-order valence-corrected chi connectivity index (χ2v) is 8.24. The minimum absolute atomic E-state index is 0.240. The highest BCUT2D eigenvalue weighted by atomic mass is 32.2. The second kappa shape index (κ2) is 8.91. The van der Waals surface area contributed by atoms with Crippen LogP contribution in [0.4, 0.5) is 23.1 Å². The summed E-state index contributed by atoms with van der Waals surface area (Å²) in [7, 11) is -3.63. The number of rotatable bonds is 8. The van der Waals surface area contributed by atoms with E-state index in [1.165, 1.54) is 0 Å². The van der Waals surface area contributed by atoms with E-state index >= 15 is 0 Å². The van der Waals surface area contributed by atoms with Crippen LogP contribution < -0.4 is 15.4 Å². The van der Waals surface area contributed by atoms with Crippen molar-refractivity contribution in [2.45, 2.75) is 32.1 Å². The number of nitrogens with zero attached hydrogens (tertiary/aromatic N) is 2. The fourth-order valence-electron chi connectivity index (χ4n) is 2.76. The molecule has 0 saturated carbocycles. The number of aromatic nitrogens is 2. The highest BCUT2D eigenvalue weighted by Gasteiger charge is 2.14. The summed E-state index contributed by atoms with van der Waals surface area (Å²) >= 11 is 0. The molecule has 0 unspecified atom stereocenters. The lowest BCUT2D eigenvalue weighted by Gasteiger charge is -2.11. The molecule has 2 aromatic carbocycles. The van der Waals surface area contributed by atoms with Crippen LogP contribution in [0.1, 0.15) is 25.1 Å². The van der Waals surface area contributed by atoms with Gasteiger partial charge in [-0.05, 0) is 62.2 Å². The van der Waals surface area contributed by atoms with E-state index in [0.29, 0.717) is 17.5 Å². The molecular weight excluding hydrogens is 386 g/mol. The predicted molar refractivity (Wildman–Crippen MR) is 117 cm³/mol. The summed E-state index contributed by atoms with van der Waals surface area (Å²) in [6.45, 7) is 6.65. The van der Waals surface area contributed by atoms with Crippen molar-refractivity contribution in [1.29, 1.82) is 0 Å². The van der Waals surface area contributed by atoms with E-state index in [9.17, 15) is 8.42 Å². The minimum Gasteiger partial charge on any atom is -0.354 e. The third kappa shape index (κ3) is 5.45. The summed E-state index contributed by atoms with van der Waals surface area (Å²) in [6.07, 6.45) is 0.865. The third-order valence-electron chi connectivity index (χ3n) is 4.24. The number of anilines is 4. The van der Waals surface area contributed by atoms with Gasteiger partial charge in [0.2, 0.25) is 5.95 Å². The summed E-state index contributed by atoms with van der Waals surface area (Å²) in [5.74, 6) is 1.23. The maximum Gasteiger partial charge on any atom is 0.261 e. The Bertz CT molecular complexity index is 1070. The standard InChI is InChI=1S/C21H25N5O2S/c1-4-16-6-12-19(13-7-16)29(27,28)26-18-10-8-17(9-11-18)24-20-14-15(3)23-21(25-20)22-5-2/h6-14,26H,4-5H2,1-3H3,(H2,22,23,24,25). The summed E-state index contributed by atoms with van der Waals surface area (Å²) in [4.78, 5) is 8.97. The molecule has 8 heteroatoms. The van der Waals surface area contributed by atoms with E-state index in [0.717, 1.165) is 29.9 Å². The van der Waals surface area contributed by atoms with Gasteiger partial charge in [-0.25, -0.2) is 13.4 Å². The van der Waals surface area contributed by atoms with Crippen LogP contribution in [0.5, 0.6) is 0 Å². The summed E-state index contributed by atoms with van der Waals surface area (Å²) in [5, 5.41) is 6.30. The van der Waals surface area contributed by atoms with Crippen LogP contribution >= 0.6 is 0 Å². The smallest absolute Gasteiger partial charge is 0.261 e. The normalized spacial score (nSPS) is 11.1. The highest BCUT2D eigenvalue weighted by molar-refractivity contribution is 7.92. The number of aryl methyl sites for hydroxylation is 2. The van der Waals surface area contributed by atoms with Crippen molar-refractivity contribution in [3.8, 4) is 0 Å². The van der Waals surface area contributed by atoms with Gasteiger partial charge in [-0.3, -0.25) is 4.72 Å². The maximum absolute atomic E-state index is 12.6. The van der Waals surface area contributed by atoms with Gasteiger partial charge in [0, 0.05) is 29.7 Å². The molecule has 7 nitrogen and oxygen atoms in total. The molecule has 1 aromatic heterocycles. The predicted octanol–water partition coefficient (Wildman–Crippen LogP) is 4.32. The molecule has 3 N–H and O–H groups in total. The molecular formula is C21H25N5O2S. The van der Waals surface area contributed by atoms with Crippen molar-refractivity contribution in [2.24, 2.45) is 0 Å². The fraction of sp³-hybridized carbons (Fsp3) is 0.238. The van der Waals surface area contributed by atoms with Gasteiger partial charge in [-0.15, -0.1) is 0 Å². The Morgan fingerprint density at radius 3 is 2.17 bits per heavy atom. The minimum atomic E-state index is -3.63. The van der Waals surface area contributed by atoms with Crippen molar-refractivity contribution >= 4 is 33.2 Å². The molecule has 1 heterocycles. The topological polar surface area (TPSA) is 96.0 Å². The lowest BCUT2D eigenvalue weighted by atomic mass is 10.2. The van der Waals surface area contributed by atoms with Gasteiger partial charge in [-0.2, -0.15) is 4.98 Å². The average Bonchev–Trinajstić information content (AvgIpc) is 2.69. The summed E-state index contributed by atoms with van der Waals surface area (Å²) < 4.78 is 27.7. The molecule has 0 spiro atoms. The number of benzene rings is 2. The average molecular weight is 412 g/mol. The van der Waals surface area contributed by atoms with Crippen molar-refractivity contribution in [3.63, 3.8) is 0 Å². The van der Waals surface area contributed by atoms with Crippen molar-refractivity contribution < 1.29 is 8.42 Å². The molecule has 0 radical (unpaired) electrons. The van der Waals surface area contributed by atoms with Crippen LogP contribution in [0.2, 0.25) is 0 Å². The van der Waals surface area contributed by atoms with Crippen LogP contribution in [-0.4, -0.2) is 24.9 Å². The molecule has 152 valence electrons. The highest BCUT2D eigenvalue weighted by Crippen LogP contribution is 2.21. The van der Waals surface area contributed by atoms with E-state index < -0.39 is 10.0 Å². The number of hydrogen-bond acceptors (Lipinski definition) is 6. The molecule has 3 aromatic rings. The van der Waals surface area contributed by atoms with E-state index in [2.05, 4.69) is 25.3 Å². The molecule has 29 heavy (non-hydrogen) atoms. The van der Waals surface area contributed by atoms with Crippen molar-refractivity contribution in [3.05, 3.63) is 65.9 Å². The van der Waals surface area contributed by atoms with Crippen LogP contribution in [0.25, 0.3) is 0 Å². The number of hydrogen-bond donors (Lipinski definition) is 3. The first kappa shape index (κ1) is 20.6. The fourth-order valence-corrected chi connectivity index (χ4v) is 3.82. The molecule has 0 aliphatic carbocycles. The molecule has 0 bridgehead atoms. The Morgan fingerprint density at radius 2 is 1.55 bits per heavy atom. The monoisotopic (exact) mass is 411 g/mol. The number of sulfonamides is 1. The molecule has 0 atom stereocenters. The van der Waals surface area contributed by atoms with Crippen LogP contribution in [0.3, 0.4) is 0 Å². The van der Waals surface area contributed by atoms with Gasteiger partial charge in [0.1, 0.15) is 5.82 Å². The van der Waals surface area contributed by atoms with Crippen molar-refractivity contribution in [2.75, 3.05) is 21.9 Å². The molecule has 0 aliphatic heterocycles. The van der Waals surface area contributed by atoms with Crippen LogP contribution in [0.15, 0.2) is 59.5 Å². The van der Waals surface area contributed by atoms with Crippen LogP contribution in [-0.2, 0) is 16.4 Å². The zero-order valence-corrected chi connectivity index (χ0v) is 17.5. The molecule has 0 saturated heterocycles. The Balaban J connectivity index is 1.71. The SMILES string of the molecule is CCNc1nc(C)cc(Nc2ccc(NS(=O)(=O)c3ccc(CC)cc3)cc2)n1. The van der Waals surface area contributed by atoms with Crippen LogP contribution in [0, 0.1) is 6.92 Å². The zero-order chi connectivity index (χ0) is 20.9. The molecule has 0 amide bonds.